The summed E-state index contributed by atoms with van der Waals surface area (Å²) in [4.78, 5) is 11.6. The lowest BCUT2D eigenvalue weighted by molar-refractivity contribution is -0.145. The van der Waals surface area contributed by atoms with Gasteiger partial charge >= 0.3 is 5.97 Å². The minimum atomic E-state index is -0.139. The summed E-state index contributed by atoms with van der Waals surface area (Å²) in [5, 5.41) is 8.56. The fourth-order valence-electron chi connectivity index (χ4n) is 3.00. The molecular weight excluding hydrogens is 472 g/mol. The lowest BCUT2D eigenvalue weighted by Crippen LogP contribution is -2.15. The molecule has 0 aliphatic carbocycles. The van der Waals surface area contributed by atoms with Gasteiger partial charge in [-0.2, -0.15) is 0 Å². The van der Waals surface area contributed by atoms with Crippen LogP contribution in [0.3, 0.4) is 0 Å². The van der Waals surface area contributed by atoms with Gasteiger partial charge in [-0.15, -0.1) is 0 Å². The van der Waals surface area contributed by atoms with Gasteiger partial charge in [-0.05, 0) is 6.42 Å². The molecule has 0 aromatic heterocycles. The van der Waals surface area contributed by atoms with Crippen molar-refractivity contribution in [2.24, 2.45) is 0 Å². The highest BCUT2D eigenvalue weighted by Crippen LogP contribution is 2.08. The number of esters is 1. The monoisotopic (exact) mass is 524 g/mol. The molecule has 0 aromatic rings. The second kappa shape index (κ2) is 32.2. The van der Waals surface area contributed by atoms with E-state index < -0.39 is 0 Å². The van der Waals surface area contributed by atoms with E-state index in [1.807, 2.05) is 0 Å². The van der Waals surface area contributed by atoms with Crippen LogP contribution in [0.5, 0.6) is 0 Å². The Kier molecular flexibility index (Phi) is 31.4. The molecule has 0 atom stereocenters. The Bertz CT molecular complexity index is 426. The van der Waals surface area contributed by atoms with Gasteiger partial charge in [-0.1, -0.05) is 45.4 Å². The number of rotatable bonds is 31. The van der Waals surface area contributed by atoms with Crippen LogP contribution in [0.4, 0.5) is 0 Å². The Balaban J connectivity index is 3.10. The van der Waals surface area contributed by atoms with Crippen LogP contribution in [-0.2, 0) is 42.7 Å². The smallest absolute Gasteiger partial charge is 0.305 e. The van der Waals surface area contributed by atoms with Crippen molar-refractivity contribution in [3.8, 4) is 0 Å². The third-order valence-corrected chi connectivity index (χ3v) is 4.94. The molecule has 0 saturated carbocycles. The standard InChI is InChI=1S/C26H52O10/c1-2-3-4-5-6-7-8-9-26(28)36-25-24-35-23-22-34-21-20-33-19-18-32-17-16-31-15-14-30-13-12-29-11-10-27/h27H,2-25H2,1H3. The molecule has 0 rings (SSSR count). The fraction of sp³-hybridized carbons (Fsp3) is 0.962. The molecule has 0 fully saturated rings. The molecule has 36 heavy (non-hydrogen) atoms. The maximum absolute atomic E-state index is 11.6. The van der Waals surface area contributed by atoms with E-state index in [-0.39, 0.29) is 12.6 Å². The number of hydrogen-bond donors (Lipinski definition) is 1. The van der Waals surface area contributed by atoms with E-state index >= 15 is 0 Å². The van der Waals surface area contributed by atoms with Gasteiger partial charge in [-0.3, -0.25) is 4.79 Å². The largest absolute Gasteiger partial charge is 0.463 e. The van der Waals surface area contributed by atoms with Crippen molar-refractivity contribution < 1.29 is 47.8 Å². The first-order valence-electron chi connectivity index (χ1n) is 13.6. The van der Waals surface area contributed by atoms with Crippen LogP contribution < -0.4 is 0 Å². The molecule has 0 aliphatic rings. The van der Waals surface area contributed by atoms with Crippen molar-refractivity contribution in [3.05, 3.63) is 0 Å². The van der Waals surface area contributed by atoms with Gasteiger partial charge in [0.05, 0.1) is 99.1 Å². The normalized spacial score (nSPS) is 11.3. The van der Waals surface area contributed by atoms with Crippen LogP contribution in [0.25, 0.3) is 0 Å². The van der Waals surface area contributed by atoms with Crippen LogP contribution in [0.2, 0.25) is 0 Å². The summed E-state index contributed by atoms with van der Waals surface area (Å²) in [6, 6.07) is 0. The number of aliphatic hydroxyl groups is 1. The molecule has 0 heterocycles. The summed E-state index contributed by atoms with van der Waals surface area (Å²) in [5.41, 5.74) is 0. The topological polar surface area (TPSA) is 111 Å². The van der Waals surface area contributed by atoms with Crippen LogP contribution in [-0.4, -0.2) is 117 Å². The summed E-state index contributed by atoms with van der Waals surface area (Å²) < 4.78 is 42.6. The number of ether oxygens (including phenoxy) is 8. The van der Waals surface area contributed by atoms with Gasteiger partial charge in [0.25, 0.3) is 0 Å². The number of aliphatic hydroxyl groups excluding tert-OH is 1. The van der Waals surface area contributed by atoms with E-state index in [2.05, 4.69) is 6.92 Å². The number of unbranched alkanes of at least 4 members (excludes halogenated alkanes) is 6. The zero-order valence-corrected chi connectivity index (χ0v) is 22.6. The molecule has 0 radical (unpaired) electrons. The lowest BCUT2D eigenvalue weighted by atomic mass is 10.1. The number of hydrogen-bond acceptors (Lipinski definition) is 10. The Morgan fingerprint density at radius 2 is 0.806 bits per heavy atom. The quantitative estimate of drug-likeness (QED) is 0.107. The minimum absolute atomic E-state index is 0.0267. The molecule has 0 amide bonds. The summed E-state index contributed by atoms with van der Waals surface area (Å²) in [5.74, 6) is -0.139. The maximum atomic E-state index is 11.6. The predicted molar refractivity (Wildman–Crippen MR) is 136 cm³/mol. The van der Waals surface area contributed by atoms with Gasteiger partial charge in [0.2, 0.25) is 0 Å². The average molecular weight is 525 g/mol. The van der Waals surface area contributed by atoms with Gasteiger partial charge < -0.3 is 43.0 Å². The van der Waals surface area contributed by atoms with Crippen molar-refractivity contribution in [2.75, 3.05) is 106 Å². The molecule has 216 valence electrons. The van der Waals surface area contributed by atoms with Crippen molar-refractivity contribution >= 4 is 5.97 Å². The third-order valence-electron chi connectivity index (χ3n) is 4.94. The SMILES string of the molecule is CCCCCCCCCC(=O)OCCOCCOCCOCCOCCOCCOCCOCCO. The Hall–Kier alpha value is -0.850. The van der Waals surface area contributed by atoms with Crippen LogP contribution in [0.15, 0.2) is 0 Å². The van der Waals surface area contributed by atoms with Crippen molar-refractivity contribution in [3.63, 3.8) is 0 Å². The van der Waals surface area contributed by atoms with Gasteiger partial charge in [0.1, 0.15) is 6.61 Å². The molecule has 0 bridgehead atoms. The molecule has 0 aliphatic heterocycles. The van der Waals surface area contributed by atoms with Crippen LogP contribution >= 0.6 is 0 Å². The van der Waals surface area contributed by atoms with Crippen molar-refractivity contribution in [1.29, 1.82) is 0 Å². The van der Waals surface area contributed by atoms with Crippen LogP contribution in [0, 0.1) is 0 Å². The molecule has 10 nitrogen and oxygen atoms in total. The maximum Gasteiger partial charge on any atom is 0.305 e. The molecule has 0 spiro atoms. The molecule has 10 heteroatoms. The Labute approximate surface area is 218 Å². The molecule has 1 N–H and O–H groups in total. The van der Waals surface area contributed by atoms with Crippen molar-refractivity contribution in [2.45, 2.75) is 58.3 Å². The van der Waals surface area contributed by atoms with E-state index in [9.17, 15) is 4.79 Å². The second-order valence-corrected chi connectivity index (χ2v) is 8.10. The van der Waals surface area contributed by atoms with E-state index in [1.54, 1.807) is 0 Å². The highest BCUT2D eigenvalue weighted by molar-refractivity contribution is 5.69. The van der Waals surface area contributed by atoms with E-state index in [0.29, 0.717) is 106 Å². The van der Waals surface area contributed by atoms with Gasteiger partial charge in [-0.25, -0.2) is 0 Å². The van der Waals surface area contributed by atoms with E-state index in [0.717, 1.165) is 12.8 Å². The number of carbonyl (C=O) groups excluding carboxylic acids is 1. The zero-order chi connectivity index (χ0) is 26.2. The lowest BCUT2D eigenvalue weighted by Gasteiger charge is -2.08. The fourth-order valence-corrected chi connectivity index (χ4v) is 3.00. The van der Waals surface area contributed by atoms with Gasteiger partial charge in [0.15, 0.2) is 0 Å². The molecule has 0 unspecified atom stereocenters. The Morgan fingerprint density at radius 1 is 0.472 bits per heavy atom. The summed E-state index contributed by atoms with van der Waals surface area (Å²) in [6.07, 6.45) is 8.82. The summed E-state index contributed by atoms with van der Waals surface area (Å²) in [7, 11) is 0. The third kappa shape index (κ3) is 31.2. The zero-order valence-electron chi connectivity index (χ0n) is 22.6. The van der Waals surface area contributed by atoms with E-state index in [1.165, 1.54) is 32.1 Å². The van der Waals surface area contributed by atoms with Gasteiger partial charge in [0, 0.05) is 6.42 Å². The average Bonchev–Trinajstić information content (AvgIpc) is 2.88. The summed E-state index contributed by atoms with van der Waals surface area (Å²) in [6.45, 7) is 9.16. The first kappa shape index (κ1) is 35.2. The first-order chi connectivity index (χ1) is 17.8. The highest BCUT2D eigenvalue weighted by Gasteiger charge is 2.02. The predicted octanol–water partition coefficient (Wildman–Crippen LogP) is 2.78. The molecule has 0 saturated heterocycles. The number of carbonyl (C=O) groups is 1. The van der Waals surface area contributed by atoms with Crippen LogP contribution in [0.1, 0.15) is 58.3 Å². The van der Waals surface area contributed by atoms with E-state index in [4.69, 9.17) is 43.0 Å². The Morgan fingerprint density at radius 3 is 1.19 bits per heavy atom. The van der Waals surface area contributed by atoms with Crippen molar-refractivity contribution in [1.82, 2.24) is 0 Å². The highest BCUT2D eigenvalue weighted by atomic mass is 16.6. The molecular formula is C26H52O10. The second-order valence-electron chi connectivity index (χ2n) is 8.10. The minimum Gasteiger partial charge on any atom is -0.463 e. The molecule has 0 aromatic carbocycles. The summed E-state index contributed by atoms with van der Waals surface area (Å²) >= 11 is 0. The first-order valence-corrected chi connectivity index (χ1v) is 13.6.